The van der Waals surface area contributed by atoms with Crippen LogP contribution in [0.3, 0.4) is 0 Å². The van der Waals surface area contributed by atoms with Gasteiger partial charge in [-0.3, -0.25) is 0 Å². The van der Waals surface area contributed by atoms with Gasteiger partial charge < -0.3 is 10.5 Å². The van der Waals surface area contributed by atoms with Gasteiger partial charge in [-0.05, 0) is 43.0 Å². The highest BCUT2D eigenvalue weighted by Crippen LogP contribution is 2.49. The van der Waals surface area contributed by atoms with E-state index >= 15 is 0 Å². The van der Waals surface area contributed by atoms with Crippen LogP contribution in [0.4, 0.5) is 4.39 Å². The topological polar surface area (TPSA) is 35.2 Å². The molecule has 14 heavy (non-hydrogen) atoms. The maximum absolute atomic E-state index is 13.0. The first-order chi connectivity index (χ1) is 6.76. The van der Waals surface area contributed by atoms with E-state index in [1.54, 1.807) is 19.2 Å². The Morgan fingerprint density at radius 1 is 1.57 bits per heavy atom. The molecule has 3 heteroatoms. The highest BCUT2D eigenvalue weighted by Gasteiger charge is 2.38. The van der Waals surface area contributed by atoms with E-state index in [0.717, 1.165) is 17.7 Å². The predicted molar refractivity (Wildman–Crippen MR) is 52.9 cm³/mol. The van der Waals surface area contributed by atoms with E-state index in [1.165, 1.54) is 6.07 Å². The molecule has 2 atom stereocenters. The van der Waals surface area contributed by atoms with Gasteiger partial charge in [-0.1, -0.05) is 0 Å². The van der Waals surface area contributed by atoms with Crippen molar-refractivity contribution in [3.63, 3.8) is 0 Å². The molecule has 2 N–H and O–H groups in total. The SMILES string of the molecule is COc1ccc(F)cc1[C@@H]1C[C@H]1CN. The third-order valence-corrected chi connectivity index (χ3v) is 2.82. The molecular formula is C11H14FNO. The molecule has 0 unspecified atom stereocenters. The van der Waals surface area contributed by atoms with Crippen LogP contribution in [0.25, 0.3) is 0 Å². The molecule has 1 fully saturated rings. The van der Waals surface area contributed by atoms with E-state index in [4.69, 9.17) is 10.5 Å². The summed E-state index contributed by atoms with van der Waals surface area (Å²) in [6.45, 7) is 0.671. The quantitative estimate of drug-likeness (QED) is 0.799. The van der Waals surface area contributed by atoms with Gasteiger partial charge in [0.25, 0.3) is 0 Å². The van der Waals surface area contributed by atoms with E-state index in [1.807, 2.05) is 0 Å². The predicted octanol–water partition coefficient (Wildman–Crippen LogP) is 1.90. The summed E-state index contributed by atoms with van der Waals surface area (Å²) in [5, 5.41) is 0. The summed E-state index contributed by atoms with van der Waals surface area (Å²) in [6.07, 6.45) is 1.05. The zero-order valence-electron chi connectivity index (χ0n) is 8.16. The van der Waals surface area contributed by atoms with Crippen LogP contribution in [0.15, 0.2) is 18.2 Å². The van der Waals surface area contributed by atoms with E-state index in [9.17, 15) is 4.39 Å². The molecule has 0 bridgehead atoms. The molecule has 0 spiro atoms. The molecule has 2 nitrogen and oxygen atoms in total. The minimum Gasteiger partial charge on any atom is -0.496 e. The summed E-state index contributed by atoms with van der Waals surface area (Å²) in [7, 11) is 1.61. The molecule has 0 heterocycles. The molecule has 0 radical (unpaired) electrons. The second-order valence-electron chi connectivity index (χ2n) is 3.72. The molecule has 76 valence electrons. The van der Waals surface area contributed by atoms with Crippen molar-refractivity contribution in [1.82, 2.24) is 0 Å². The number of benzene rings is 1. The van der Waals surface area contributed by atoms with Gasteiger partial charge in [-0.25, -0.2) is 4.39 Å². The Labute approximate surface area is 82.9 Å². The lowest BCUT2D eigenvalue weighted by Crippen LogP contribution is -2.02. The normalized spacial score (nSPS) is 24.8. The average molecular weight is 195 g/mol. The third kappa shape index (κ3) is 1.60. The fourth-order valence-corrected chi connectivity index (χ4v) is 1.88. The van der Waals surface area contributed by atoms with Gasteiger partial charge in [-0.2, -0.15) is 0 Å². The smallest absolute Gasteiger partial charge is 0.123 e. The number of methoxy groups -OCH3 is 1. The second-order valence-corrected chi connectivity index (χ2v) is 3.72. The molecule has 1 aromatic carbocycles. The number of rotatable bonds is 3. The molecule has 0 aromatic heterocycles. The number of nitrogens with two attached hydrogens (primary N) is 1. The summed E-state index contributed by atoms with van der Waals surface area (Å²) in [6, 6.07) is 4.65. The Balaban J connectivity index is 2.27. The van der Waals surface area contributed by atoms with Gasteiger partial charge in [0.2, 0.25) is 0 Å². The Morgan fingerprint density at radius 3 is 2.93 bits per heavy atom. The summed E-state index contributed by atoms with van der Waals surface area (Å²) in [5.41, 5.74) is 6.52. The Kier molecular flexibility index (Phi) is 2.42. The van der Waals surface area contributed by atoms with Gasteiger partial charge in [0.1, 0.15) is 11.6 Å². The van der Waals surface area contributed by atoms with E-state index < -0.39 is 0 Å². The average Bonchev–Trinajstić information content (AvgIpc) is 2.96. The van der Waals surface area contributed by atoms with Crippen LogP contribution in [0, 0.1) is 11.7 Å². The lowest BCUT2D eigenvalue weighted by atomic mass is 10.1. The maximum atomic E-state index is 13.0. The Hall–Kier alpha value is -1.09. The van der Waals surface area contributed by atoms with Gasteiger partial charge in [0.15, 0.2) is 0 Å². The van der Waals surface area contributed by atoms with Gasteiger partial charge >= 0.3 is 0 Å². The van der Waals surface area contributed by atoms with Crippen LogP contribution < -0.4 is 10.5 Å². The van der Waals surface area contributed by atoms with Crippen molar-refractivity contribution >= 4 is 0 Å². The lowest BCUT2D eigenvalue weighted by Gasteiger charge is -2.07. The molecule has 2 rings (SSSR count). The lowest BCUT2D eigenvalue weighted by molar-refractivity contribution is 0.407. The van der Waals surface area contributed by atoms with E-state index in [-0.39, 0.29) is 5.82 Å². The largest absolute Gasteiger partial charge is 0.496 e. The molecule has 1 aliphatic carbocycles. The van der Waals surface area contributed by atoms with Crippen LogP contribution in [-0.2, 0) is 0 Å². The maximum Gasteiger partial charge on any atom is 0.123 e. The van der Waals surface area contributed by atoms with Crippen molar-refractivity contribution < 1.29 is 9.13 Å². The van der Waals surface area contributed by atoms with Gasteiger partial charge in [0, 0.05) is 5.56 Å². The summed E-state index contributed by atoms with van der Waals surface area (Å²) < 4.78 is 18.2. The minimum absolute atomic E-state index is 0.205. The van der Waals surface area contributed by atoms with Crippen molar-refractivity contribution in [3.8, 4) is 5.75 Å². The highest BCUT2D eigenvalue weighted by atomic mass is 19.1. The second kappa shape index (κ2) is 3.58. The monoisotopic (exact) mass is 195 g/mol. The first kappa shape index (κ1) is 9.46. The van der Waals surface area contributed by atoms with Crippen molar-refractivity contribution in [1.29, 1.82) is 0 Å². The first-order valence-electron chi connectivity index (χ1n) is 4.79. The molecule has 1 saturated carbocycles. The third-order valence-electron chi connectivity index (χ3n) is 2.82. The van der Waals surface area contributed by atoms with Crippen LogP contribution in [-0.4, -0.2) is 13.7 Å². The number of hydrogen-bond donors (Lipinski definition) is 1. The first-order valence-corrected chi connectivity index (χ1v) is 4.79. The van der Waals surface area contributed by atoms with Gasteiger partial charge in [-0.15, -0.1) is 0 Å². The standard InChI is InChI=1S/C11H14FNO/c1-14-11-3-2-8(12)5-10(11)9-4-7(9)6-13/h2-3,5,7,9H,4,6,13H2,1H3/t7-,9+/m0/s1. The number of ether oxygens (including phenoxy) is 1. The number of halogens is 1. The molecule has 0 aliphatic heterocycles. The number of hydrogen-bond acceptors (Lipinski definition) is 2. The van der Waals surface area contributed by atoms with Crippen molar-refractivity contribution in [3.05, 3.63) is 29.6 Å². The highest BCUT2D eigenvalue weighted by molar-refractivity contribution is 5.40. The van der Waals surface area contributed by atoms with Gasteiger partial charge in [0.05, 0.1) is 7.11 Å². The van der Waals surface area contributed by atoms with Crippen LogP contribution in [0.1, 0.15) is 17.9 Å². The molecule has 0 saturated heterocycles. The Morgan fingerprint density at radius 2 is 2.36 bits per heavy atom. The molecule has 1 aromatic rings. The molecular weight excluding hydrogens is 181 g/mol. The molecule has 0 amide bonds. The summed E-state index contributed by atoms with van der Waals surface area (Å²) >= 11 is 0. The fraction of sp³-hybridized carbons (Fsp3) is 0.455. The fourth-order valence-electron chi connectivity index (χ4n) is 1.88. The summed E-state index contributed by atoms with van der Waals surface area (Å²) in [5.74, 6) is 1.46. The van der Waals surface area contributed by atoms with Crippen LogP contribution in [0.2, 0.25) is 0 Å². The van der Waals surface area contributed by atoms with Crippen molar-refractivity contribution in [2.45, 2.75) is 12.3 Å². The minimum atomic E-state index is -0.205. The van der Waals surface area contributed by atoms with Crippen LogP contribution >= 0.6 is 0 Å². The Bertz CT molecular complexity index is 340. The van der Waals surface area contributed by atoms with E-state index in [2.05, 4.69) is 0 Å². The summed E-state index contributed by atoms with van der Waals surface area (Å²) in [4.78, 5) is 0. The van der Waals surface area contributed by atoms with E-state index in [0.29, 0.717) is 18.4 Å². The van der Waals surface area contributed by atoms with Crippen molar-refractivity contribution in [2.75, 3.05) is 13.7 Å². The van der Waals surface area contributed by atoms with Crippen LogP contribution in [0.5, 0.6) is 5.75 Å². The zero-order chi connectivity index (χ0) is 10.1. The van der Waals surface area contributed by atoms with Crippen molar-refractivity contribution in [2.24, 2.45) is 11.7 Å². The molecule has 1 aliphatic rings. The zero-order valence-corrected chi connectivity index (χ0v) is 8.16.